The molecule has 6 heteroatoms. The lowest BCUT2D eigenvalue weighted by Crippen LogP contribution is -2.41. The van der Waals surface area contributed by atoms with Gasteiger partial charge in [0.15, 0.2) is 0 Å². The van der Waals surface area contributed by atoms with Crippen molar-refractivity contribution in [3.8, 4) is 0 Å². The highest BCUT2D eigenvalue weighted by atomic mass is 16.3. The molecule has 1 heterocycles. The van der Waals surface area contributed by atoms with Crippen molar-refractivity contribution in [2.45, 2.75) is 38.6 Å². The van der Waals surface area contributed by atoms with E-state index >= 15 is 0 Å². The highest BCUT2D eigenvalue weighted by Gasteiger charge is 2.43. The van der Waals surface area contributed by atoms with Gasteiger partial charge in [0.1, 0.15) is 5.54 Å². The summed E-state index contributed by atoms with van der Waals surface area (Å²) in [4.78, 5) is 27.0. The van der Waals surface area contributed by atoms with Crippen LogP contribution in [0.15, 0.2) is 0 Å². The van der Waals surface area contributed by atoms with Crippen LogP contribution in [0.5, 0.6) is 0 Å². The molecule has 6 nitrogen and oxygen atoms in total. The Morgan fingerprint density at radius 2 is 1.89 bits per heavy atom. The average molecular weight is 271 g/mol. The van der Waals surface area contributed by atoms with Crippen LogP contribution < -0.4 is 5.32 Å². The topological polar surface area (TPSA) is 72.9 Å². The third-order valence-electron chi connectivity index (χ3n) is 3.35. The predicted molar refractivity (Wildman–Crippen MR) is 72.8 cm³/mol. The number of urea groups is 1. The van der Waals surface area contributed by atoms with Crippen LogP contribution in [0.2, 0.25) is 0 Å². The molecule has 0 atom stereocenters. The lowest BCUT2D eigenvalue weighted by atomic mass is 10.1. The number of unbranched alkanes of at least 4 members (excludes halogenated alkanes) is 2. The van der Waals surface area contributed by atoms with E-state index in [9.17, 15) is 9.59 Å². The number of hydrogen-bond acceptors (Lipinski definition) is 4. The van der Waals surface area contributed by atoms with Crippen LogP contribution in [-0.4, -0.2) is 65.7 Å². The minimum absolute atomic E-state index is 0.161. The molecule has 0 spiro atoms. The van der Waals surface area contributed by atoms with Crippen LogP contribution in [-0.2, 0) is 4.79 Å². The van der Waals surface area contributed by atoms with Crippen molar-refractivity contribution in [2.75, 3.05) is 33.3 Å². The molecule has 110 valence electrons. The van der Waals surface area contributed by atoms with Crippen LogP contribution in [0.1, 0.15) is 33.1 Å². The Labute approximate surface area is 114 Å². The van der Waals surface area contributed by atoms with E-state index in [1.165, 1.54) is 4.90 Å². The number of imide groups is 1. The fourth-order valence-corrected chi connectivity index (χ4v) is 2.07. The summed E-state index contributed by atoms with van der Waals surface area (Å²) in [7, 11) is 1.97. The van der Waals surface area contributed by atoms with Crippen LogP contribution in [0.25, 0.3) is 0 Å². The lowest BCUT2D eigenvalue weighted by molar-refractivity contribution is -0.130. The predicted octanol–water partition coefficient (Wildman–Crippen LogP) is 0.411. The van der Waals surface area contributed by atoms with Gasteiger partial charge in [-0.3, -0.25) is 9.69 Å². The lowest BCUT2D eigenvalue weighted by Gasteiger charge is -2.20. The number of amides is 3. The Morgan fingerprint density at radius 1 is 1.21 bits per heavy atom. The van der Waals surface area contributed by atoms with Gasteiger partial charge in [-0.05, 0) is 46.7 Å². The van der Waals surface area contributed by atoms with Gasteiger partial charge >= 0.3 is 6.03 Å². The fourth-order valence-electron chi connectivity index (χ4n) is 2.07. The van der Waals surface area contributed by atoms with Gasteiger partial charge in [0.2, 0.25) is 0 Å². The monoisotopic (exact) mass is 271 g/mol. The van der Waals surface area contributed by atoms with Gasteiger partial charge in [0.25, 0.3) is 5.91 Å². The van der Waals surface area contributed by atoms with E-state index in [2.05, 4.69) is 10.2 Å². The van der Waals surface area contributed by atoms with Gasteiger partial charge in [-0.1, -0.05) is 0 Å². The molecule has 1 fully saturated rings. The second-order valence-electron chi connectivity index (χ2n) is 5.60. The first-order chi connectivity index (χ1) is 8.88. The van der Waals surface area contributed by atoms with E-state index in [-0.39, 0.29) is 18.5 Å². The maximum absolute atomic E-state index is 11.9. The zero-order chi connectivity index (χ0) is 14.5. The maximum Gasteiger partial charge on any atom is 0.325 e. The molecule has 0 radical (unpaired) electrons. The van der Waals surface area contributed by atoms with Crippen molar-refractivity contribution < 1.29 is 14.7 Å². The fraction of sp³-hybridized carbons (Fsp3) is 0.846. The molecule has 1 aliphatic heterocycles. The molecule has 1 aliphatic rings. The molecule has 0 aromatic carbocycles. The standard InChI is InChI=1S/C13H25N3O3/c1-13(2)11(18)16(12(19)14-13)9-8-15(3)7-5-4-6-10-17/h17H,4-10H2,1-3H3,(H,14,19). The Bertz CT molecular complexity index is 331. The minimum Gasteiger partial charge on any atom is -0.396 e. The van der Waals surface area contributed by atoms with Crippen molar-refractivity contribution in [1.82, 2.24) is 15.1 Å². The van der Waals surface area contributed by atoms with Crippen LogP contribution in [0.3, 0.4) is 0 Å². The van der Waals surface area contributed by atoms with Crippen LogP contribution in [0, 0.1) is 0 Å². The number of nitrogens with one attached hydrogen (secondary N) is 1. The molecule has 19 heavy (non-hydrogen) atoms. The SMILES string of the molecule is CN(CCCCCO)CCN1C(=O)NC(C)(C)C1=O. The highest BCUT2D eigenvalue weighted by molar-refractivity contribution is 6.06. The van der Waals surface area contributed by atoms with Crippen molar-refractivity contribution >= 4 is 11.9 Å². The van der Waals surface area contributed by atoms with E-state index < -0.39 is 5.54 Å². The quantitative estimate of drug-likeness (QED) is 0.495. The van der Waals surface area contributed by atoms with E-state index in [0.717, 1.165) is 25.8 Å². The molecule has 0 unspecified atom stereocenters. The zero-order valence-corrected chi connectivity index (χ0v) is 12.1. The molecule has 0 aromatic rings. The summed E-state index contributed by atoms with van der Waals surface area (Å²) in [5.41, 5.74) is -0.781. The number of nitrogens with zero attached hydrogens (tertiary/aromatic N) is 2. The zero-order valence-electron chi connectivity index (χ0n) is 12.1. The Balaban J connectivity index is 2.28. The van der Waals surface area contributed by atoms with Gasteiger partial charge in [-0.2, -0.15) is 0 Å². The molecule has 3 amide bonds. The van der Waals surface area contributed by atoms with Crippen molar-refractivity contribution in [3.63, 3.8) is 0 Å². The normalized spacial score (nSPS) is 18.3. The Kier molecular flexibility index (Phi) is 5.75. The molecule has 0 aromatic heterocycles. The van der Waals surface area contributed by atoms with Gasteiger partial charge in [-0.25, -0.2) is 4.79 Å². The molecular formula is C13H25N3O3. The summed E-state index contributed by atoms with van der Waals surface area (Å²) in [6.45, 7) is 5.67. The first-order valence-corrected chi connectivity index (χ1v) is 6.82. The highest BCUT2D eigenvalue weighted by Crippen LogP contribution is 2.16. The molecule has 1 rings (SSSR count). The summed E-state index contributed by atoms with van der Waals surface area (Å²) < 4.78 is 0. The minimum atomic E-state index is -0.781. The third kappa shape index (κ3) is 4.47. The van der Waals surface area contributed by atoms with E-state index in [4.69, 9.17) is 5.11 Å². The molecule has 2 N–H and O–H groups in total. The molecule has 1 saturated heterocycles. The first kappa shape index (κ1) is 15.9. The summed E-state index contributed by atoms with van der Waals surface area (Å²) >= 11 is 0. The molecule has 0 aliphatic carbocycles. The van der Waals surface area contributed by atoms with Crippen LogP contribution >= 0.6 is 0 Å². The van der Waals surface area contributed by atoms with Crippen LogP contribution in [0.4, 0.5) is 4.79 Å². The third-order valence-corrected chi connectivity index (χ3v) is 3.35. The van der Waals surface area contributed by atoms with Gasteiger partial charge in [-0.15, -0.1) is 0 Å². The molecule has 0 saturated carbocycles. The summed E-state index contributed by atoms with van der Waals surface area (Å²) in [6.07, 6.45) is 2.84. The van der Waals surface area contributed by atoms with Gasteiger partial charge < -0.3 is 15.3 Å². The largest absolute Gasteiger partial charge is 0.396 e. The smallest absolute Gasteiger partial charge is 0.325 e. The van der Waals surface area contributed by atoms with E-state index in [1.54, 1.807) is 13.8 Å². The summed E-state index contributed by atoms with van der Waals surface area (Å²) in [5.74, 6) is -0.161. The molecular weight excluding hydrogens is 246 g/mol. The number of aliphatic hydroxyl groups is 1. The van der Waals surface area contributed by atoms with Crippen molar-refractivity contribution in [1.29, 1.82) is 0 Å². The number of rotatable bonds is 8. The Morgan fingerprint density at radius 3 is 2.42 bits per heavy atom. The summed E-state index contributed by atoms with van der Waals surface area (Å²) in [5, 5.41) is 11.4. The van der Waals surface area contributed by atoms with E-state index in [0.29, 0.717) is 13.1 Å². The van der Waals surface area contributed by atoms with Crippen molar-refractivity contribution in [3.05, 3.63) is 0 Å². The number of carbonyl (C=O) groups is 2. The van der Waals surface area contributed by atoms with Gasteiger partial charge in [0.05, 0.1) is 0 Å². The molecule has 0 bridgehead atoms. The first-order valence-electron chi connectivity index (χ1n) is 6.82. The second kappa shape index (κ2) is 6.86. The number of likely N-dealkylation sites (N-methyl/N-ethyl adjacent to an activating group) is 1. The Hall–Kier alpha value is -1.14. The number of carbonyl (C=O) groups excluding carboxylic acids is 2. The average Bonchev–Trinajstić information content (AvgIpc) is 2.52. The number of hydrogen-bond donors (Lipinski definition) is 2. The summed E-state index contributed by atoms with van der Waals surface area (Å²) in [6, 6.07) is -0.302. The van der Waals surface area contributed by atoms with Gasteiger partial charge in [0, 0.05) is 19.7 Å². The van der Waals surface area contributed by atoms with Crippen molar-refractivity contribution in [2.24, 2.45) is 0 Å². The maximum atomic E-state index is 11.9. The van der Waals surface area contributed by atoms with E-state index in [1.807, 2.05) is 7.05 Å². The second-order valence-corrected chi connectivity index (χ2v) is 5.60. The number of aliphatic hydroxyl groups excluding tert-OH is 1.